The van der Waals surface area contributed by atoms with Crippen molar-refractivity contribution in [1.82, 2.24) is 15.3 Å². The number of carbonyl (C=O) groups is 2. The van der Waals surface area contributed by atoms with Gasteiger partial charge in [0.1, 0.15) is 6.17 Å². The van der Waals surface area contributed by atoms with Gasteiger partial charge < -0.3 is 0 Å². The molecule has 14 heavy (non-hydrogen) atoms. The smallest absolute Gasteiger partial charge is 0.228 e. The van der Waals surface area contributed by atoms with Gasteiger partial charge in [0.25, 0.3) is 0 Å². The average molecular weight is 199 g/mol. The number of carbonyl (C=O) groups excluding carboxylic acids is 2. The number of nitrogens with zero attached hydrogens (tertiary/aromatic N) is 2. The second-order valence-electron chi connectivity index (χ2n) is 4.46. The van der Waals surface area contributed by atoms with Crippen LogP contribution < -0.4 is 5.43 Å². The fourth-order valence-electron chi connectivity index (χ4n) is 1.58. The highest BCUT2D eigenvalue weighted by Gasteiger charge is 2.40. The van der Waals surface area contributed by atoms with Crippen molar-refractivity contribution in [2.45, 2.75) is 32.5 Å². The number of aldehydes is 1. The molecule has 0 aromatic heterocycles. The SMILES string of the molecule is CN1NCN(C(C)(C)C)C1C(=O)C=O. The Morgan fingerprint density at radius 1 is 1.50 bits per heavy atom. The second kappa shape index (κ2) is 3.76. The van der Waals surface area contributed by atoms with Crippen LogP contribution in [0.4, 0.5) is 0 Å². The minimum absolute atomic E-state index is 0.138. The van der Waals surface area contributed by atoms with Gasteiger partial charge in [-0.05, 0) is 20.8 Å². The van der Waals surface area contributed by atoms with Gasteiger partial charge in [-0.2, -0.15) is 0 Å². The summed E-state index contributed by atoms with van der Waals surface area (Å²) in [5.41, 5.74) is 2.88. The van der Waals surface area contributed by atoms with E-state index in [1.165, 1.54) is 0 Å². The van der Waals surface area contributed by atoms with E-state index in [0.29, 0.717) is 13.0 Å². The monoisotopic (exact) mass is 199 g/mol. The van der Waals surface area contributed by atoms with Crippen LogP contribution in [0.3, 0.4) is 0 Å². The van der Waals surface area contributed by atoms with Gasteiger partial charge in [-0.1, -0.05) is 0 Å². The van der Waals surface area contributed by atoms with E-state index in [1.54, 1.807) is 12.1 Å². The maximum absolute atomic E-state index is 11.4. The molecule has 0 amide bonds. The number of hydrogen-bond donors (Lipinski definition) is 1. The first-order chi connectivity index (χ1) is 6.38. The number of Topliss-reactive ketones (excluding diaryl/α,β-unsaturated/α-hetero) is 1. The van der Waals surface area contributed by atoms with Gasteiger partial charge >= 0.3 is 0 Å². The highest BCUT2D eigenvalue weighted by Crippen LogP contribution is 2.21. The molecule has 0 radical (unpaired) electrons. The molecule has 0 saturated carbocycles. The van der Waals surface area contributed by atoms with Gasteiger partial charge in [0.15, 0.2) is 6.29 Å². The van der Waals surface area contributed by atoms with E-state index < -0.39 is 11.9 Å². The molecule has 5 heteroatoms. The molecule has 80 valence electrons. The van der Waals surface area contributed by atoms with E-state index in [-0.39, 0.29) is 5.54 Å². The zero-order valence-electron chi connectivity index (χ0n) is 9.07. The van der Waals surface area contributed by atoms with E-state index in [2.05, 4.69) is 5.43 Å². The molecule has 5 nitrogen and oxygen atoms in total. The predicted octanol–water partition coefficient (Wildman–Crippen LogP) is -0.412. The van der Waals surface area contributed by atoms with Crippen LogP contribution >= 0.6 is 0 Å². The van der Waals surface area contributed by atoms with Crippen LogP contribution in [-0.4, -0.2) is 47.4 Å². The number of nitrogens with one attached hydrogen (secondary N) is 1. The Balaban J connectivity index is 2.87. The minimum atomic E-state index is -0.479. The standard InChI is InChI=1S/C9H17N3O2/c1-9(2,3)12-6-10-11(4)8(12)7(14)5-13/h5,8,10H,6H2,1-4H3. The fraction of sp³-hybridized carbons (Fsp3) is 0.778. The fourth-order valence-corrected chi connectivity index (χ4v) is 1.58. The third-order valence-corrected chi connectivity index (χ3v) is 2.38. The molecule has 1 unspecified atom stereocenters. The van der Waals surface area contributed by atoms with Crippen molar-refractivity contribution in [3.8, 4) is 0 Å². The summed E-state index contributed by atoms with van der Waals surface area (Å²) in [5, 5.41) is 1.67. The van der Waals surface area contributed by atoms with Crippen LogP contribution in [0.2, 0.25) is 0 Å². The summed E-state index contributed by atoms with van der Waals surface area (Å²) in [6.07, 6.45) is -0.0973. The molecule has 1 N–H and O–H groups in total. The Bertz CT molecular complexity index is 247. The van der Waals surface area contributed by atoms with E-state index in [1.807, 2.05) is 25.7 Å². The zero-order valence-corrected chi connectivity index (χ0v) is 9.07. The maximum atomic E-state index is 11.4. The van der Waals surface area contributed by atoms with Crippen LogP contribution in [-0.2, 0) is 9.59 Å². The normalized spacial score (nSPS) is 25.3. The number of hydrogen-bond acceptors (Lipinski definition) is 5. The molecular formula is C9H17N3O2. The van der Waals surface area contributed by atoms with Crippen molar-refractivity contribution >= 4 is 12.1 Å². The molecule has 0 aromatic rings. The van der Waals surface area contributed by atoms with Crippen molar-refractivity contribution in [2.75, 3.05) is 13.7 Å². The first-order valence-electron chi connectivity index (χ1n) is 4.60. The van der Waals surface area contributed by atoms with Crippen molar-refractivity contribution in [3.05, 3.63) is 0 Å². The number of ketones is 1. The lowest BCUT2D eigenvalue weighted by atomic mass is 10.1. The Morgan fingerprint density at radius 2 is 2.07 bits per heavy atom. The second-order valence-corrected chi connectivity index (χ2v) is 4.46. The highest BCUT2D eigenvalue weighted by molar-refractivity contribution is 6.27. The van der Waals surface area contributed by atoms with Crippen LogP contribution in [0.5, 0.6) is 0 Å². The van der Waals surface area contributed by atoms with E-state index in [9.17, 15) is 9.59 Å². The Morgan fingerprint density at radius 3 is 2.50 bits per heavy atom. The largest absolute Gasteiger partial charge is 0.294 e. The molecule has 1 aliphatic rings. The van der Waals surface area contributed by atoms with Gasteiger partial charge in [0, 0.05) is 12.6 Å². The topological polar surface area (TPSA) is 52.6 Å². The molecule has 1 aliphatic heterocycles. The van der Waals surface area contributed by atoms with Crippen LogP contribution in [0.15, 0.2) is 0 Å². The molecule has 0 spiro atoms. The molecule has 0 bridgehead atoms. The lowest BCUT2D eigenvalue weighted by Crippen LogP contribution is -2.52. The van der Waals surface area contributed by atoms with Gasteiger partial charge in [0.05, 0.1) is 6.67 Å². The van der Waals surface area contributed by atoms with Gasteiger partial charge in [0.2, 0.25) is 5.78 Å². The first-order valence-corrected chi connectivity index (χ1v) is 4.60. The Labute approximate surface area is 84.0 Å². The summed E-state index contributed by atoms with van der Waals surface area (Å²) < 4.78 is 0. The Hall–Kier alpha value is -0.780. The summed E-state index contributed by atoms with van der Waals surface area (Å²) in [5.74, 6) is -0.410. The van der Waals surface area contributed by atoms with E-state index in [0.717, 1.165) is 0 Å². The summed E-state index contributed by atoms with van der Waals surface area (Å²) >= 11 is 0. The molecular weight excluding hydrogens is 182 g/mol. The number of likely N-dealkylation sites (N-methyl/N-ethyl adjacent to an activating group) is 1. The van der Waals surface area contributed by atoms with Crippen molar-refractivity contribution in [1.29, 1.82) is 0 Å². The first kappa shape index (κ1) is 11.3. The summed E-state index contributed by atoms with van der Waals surface area (Å²) in [7, 11) is 1.76. The molecule has 1 fully saturated rings. The lowest BCUT2D eigenvalue weighted by Gasteiger charge is -2.35. The predicted molar refractivity (Wildman–Crippen MR) is 52.2 cm³/mol. The number of hydrazine groups is 1. The summed E-state index contributed by atoms with van der Waals surface area (Å²) in [6, 6.07) is 0. The quantitative estimate of drug-likeness (QED) is 0.484. The van der Waals surface area contributed by atoms with Gasteiger partial charge in [-0.25, -0.2) is 10.4 Å². The Kier molecular flexibility index (Phi) is 3.04. The van der Waals surface area contributed by atoms with Gasteiger partial charge in [-0.3, -0.25) is 14.5 Å². The van der Waals surface area contributed by atoms with E-state index >= 15 is 0 Å². The van der Waals surface area contributed by atoms with Crippen LogP contribution in [0, 0.1) is 0 Å². The summed E-state index contributed by atoms with van der Waals surface area (Å²) in [4.78, 5) is 23.8. The number of rotatable bonds is 2. The maximum Gasteiger partial charge on any atom is 0.228 e. The van der Waals surface area contributed by atoms with E-state index in [4.69, 9.17) is 0 Å². The van der Waals surface area contributed by atoms with Crippen molar-refractivity contribution < 1.29 is 9.59 Å². The zero-order chi connectivity index (χ0) is 10.9. The van der Waals surface area contributed by atoms with Crippen LogP contribution in [0.25, 0.3) is 0 Å². The molecule has 1 heterocycles. The van der Waals surface area contributed by atoms with Crippen LogP contribution in [0.1, 0.15) is 20.8 Å². The molecule has 1 rings (SSSR count). The molecule has 1 saturated heterocycles. The highest BCUT2D eigenvalue weighted by atomic mass is 16.2. The van der Waals surface area contributed by atoms with Crippen molar-refractivity contribution in [2.24, 2.45) is 0 Å². The summed E-state index contributed by atoms with van der Waals surface area (Å²) in [6.45, 7) is 6.63. The third-order valence-electron chi connectivity index (χ3n) is 2.38. The lowest BCUT2D eigenvalue weighted by molar-refractivity contribution is -0.137. The average Bonchev–Trinajstić information content (AvgIpc) is 2.45. The molecule has 0 aliphatic carbocycles. The molecule has 1 atom stereocenters. The third kappa shape index (κ3) is 2.00. The molecule has 0 aromatic carbocycles. The minimum Gasteiger partial charge on any atom is -0.294 e. The van der Waals surface area contributed by atoms with Crippen molar-refractivity contribution in [3.63, 3.8) is 0 Å². The van der Waals surface area contributed by atoms with Gasteiger partial charge in [-0.15, -0.1) is 0 Å².